The van der Waals surface area contributed by atoms with Gasteiger partial charge in [-0.2, -0.15) is 0 Å². The molecule has 64 heavy (non-hydrogen) atoms. The summed E-state index contributed by atoms with van der Waals surface area (Å²) >= 11 is 0. The van der Waals surface area contributed by atoms with Gasteiger partial charge >= 0.3 is 17.9 Å². The first-order valence-corrected chi connectivity index (χ1v) is 26.6. The molecule has 366 valence electrons. The molecule has 6 heteroatoms. The van der Waals surface area contributed by atoms with E-state index in [1.165, 1.54) is 109 Å². The van der Waals surface area contributed by atoms with Crippen molar-refractivity contribution in [3.63, 3.8) is 0 Å². The Morgan fingerprint density at radius 3 is 1.09 bits per heavy atom. The van der Waals surface area contributed by atoms with E-state index in [-0.39, 0.29) is 37.5 Å². The molecule has 0 aliphatic carbocycles. The van der Waals surface area contributed by atoms with Crippen LogP contribution < -0.4 is 0 Å². The molecule has 0 fully saturated rings. The highest BCUT2D eigenvalue weighted by atomic mass is 16.6. The minimum absolute atomic E-state index is 0.103. The monoisotopic (exact) mass is 891 g/mol. The maximum absolute atomic E-state index is 12.8. The van der Waals surface area contributed by atoms with E-state index >= 15 is 0 Å². The van der Waals surface area contributed by atoms with Gasteiger partial charge in [0.15, 0.2) is 6.10 Å². The summed E-state index contributed by atoms with van der Waals surface area (Å²) in [5.41, 5.74) is 0. The molecular formula is C58H98O6. The van der Waals surface area contributed by atoms with Gasteiger partial charge in [-0.05, 0) is 77.0 Å². The minimum Gasteiger partial charge on any atom is -0.462 e. The van der Waals surface area contributed by atoms with Crippen LogP contribution in [0.5, 0.6) is 0 Å². The van der Waals surface area contributed by atoms with Crippen LogP contribution in [0.3, 0.4) is 0 Å². The van der Waals surface area contributed by atoms with Crippen LogP contribution in [0.4, 0.5) is 0 Å². The number of rotatable bonds is 47. The molecule has 0 rings (SSSR count). The van der Waals surface area contributed by atoms with Gasteiger partial charge in [0.25, 0.3) is 0 Å². The van der Waals surface area contributed by atoms with E-state index in [1.807, 2.05) is 6.08 Å². The first-order chi connectivity index (χ1) is 31.5. The van der Waals surface area contributed by atoms with Crippen LogP contribution in [0.25, 0.3) is 0 Å². The number of hydrogen-bond donors (Lipinski definition) is 0. The Morgan fingerprint density at radius 1 is 0.328 bits per heavy atom. The topological polar surface area (TPSA) is 78.9 Å². The number of allylic oxidation sites excluding steroid dienone is 14. The van der Waals surface area contributed by atoms with Gasteiger partial charge in [-0.3, -0.25) is 14.4 Å². The summed E-state index contributed by atoms with van der Waals surface area (Å²) in [6.45, 7) is 6.42. The molecule has 0 heterocycles. The van der Waals surface area contributed by atoms with Gasteiger partial charge in [0, 0.05) is 19.3 Å². The van der Waals surface area contributed by atoms with Crippen LogP contribution in [0.15, 0.2) is 85.1 Å². The molecule has 0 N–H and O–H groups in total. The van der Waals surface area contributed by atoms with E-state index < -0.39 is 6.10 Å². The Balaban J connectivity index is 4.47. The van der Waals surface area contributed by atoms with Gasteiger partial charge in [0.2, 0.25) is 0 Å². The highest BCUT2D eigenvalue weighted by Gasteiger charge is 2.19. The van der Waals surface area contributed by atoms with Gasteiger partial charge < -0.3 is 14.2 Å². The van der Waals surface area contributed by atoms with Crippen molar-refractivity contribution in [1.82, 2.24) is 0 Å². The molecule has 6 nitrogen and oxygen atoms in total. The lowest BCUT2D eigenvalue weighted by Crippen LogP contribution is -2.30. The van der Waals surface area contributed by atoms with Crippen molar-refractivity contribution in [3.8, 4) is 0 Å². The third-order valence-electron chi connectivity index (χ3n) is 11.1. The van der Waals surface area contributed by atoms with Crippen molar-refractivity contribution in [1.29, 1.82) is 0 Å². The zero-order valence-corrected chi connectivity index (χ0v) is 41.8. The van der Waals surface area contributed by atoms with Crippen molar-refractivity contribution in [3.05, 3.63) is 85.1 Å². The zero-order valence-electron chi connectivity index (χ0n) is 41.8. The Morgan fingerprint density at radius 2 is 0.656 bits per heavy atom. The second-order valence-corrected chi connectivity index (χ2v) is 17.4. The molecule has 0 radical (unpaired) electrons. The third-order valence-corrected chi connectivity index (χ3v) is 11.1. The quantitative estimate of drug-likeness (QED) is 0.0262. The number of carbonyl (C=O) groups excluding carboxylic acids is 3. The fourth-order valence-corrected chi connectivity index (χ4v) is 7.15. The standard InChI is InChI=1S/C58H98O6/c1-4-7-10-13-16-19-22-24-26-28-29-30-32-33-36-39-42-45-48-51-57(60)63-54-55(53-62-56(59)50-47-44-41-38-35-21-18-15-12-9-6-3)64-58(61)52-49-46-43-40-37-34-31-27-25-23-20-17-14-11-8-5-2/h7,10,15-16,18-19,24,26,29-30,33,36,42,45,55H,4-6,8-9,11-14,17,20-23,25,27-28,31-32,34-35,37-41,43-44,46-54H2,1-3H3/b10-7-,18-15-,19-16-,26-24-,30-29-,36-33-,45-42-. The molecule has 0 aliphatic rings. The zero-order chi connectivity index (χ0) is 46.5. The SMILES string of the molecule is CC/C=C\C/C=C\C/C=C\C/C=C\C/C=C\C/C=C\CCC(=O)OCC(COC(=O)CCCCCCC/C=C\CCCC)OC(=O)CCCCCCCCCCCCCCCCCC. The van der Waals surface area contributed by atoms with Crippen molar-refractivity contribution < 1.29 is 28.6 Å². The van der Waals surface area contributed by atoms with E-state index in [2.05, 4.69) is 99.8 Å². The predicted octanol–water partition coefficient (Wildman–Crippen LogP) is 17.6. The van der Waals surface area contributed by atoms with Gasteiger partial charge in [-0.1, -0.05) is 234 Å². The first-order valence-electron chi connectivity index (χ1n) is 26.6. The van der Waals surface area contributed by atoms with E-state index in [0.717, 1.165) is 89.9 Å². The average molecular weight is 891 g/mol. The maximum atomic E-state index is 12.8. The lowest BCUT2D eigenvalue weighted by atomic mass is 10.0. The number of carbonyl (C=O) groups is 3. The van der Waals surface area contributed by atoms with Crippen molar-refractivity contribution >= 4 is 17.9 Å². The second kappa shape index (κ2) is 52.2. The summed E-state index contributed by atoms with van der Waals surface area (Å²) in [6.07, 6.45) is 67.2. The Labute approximate surface area is 395 Å². The highest BCUT2D eigenvalue weighted by Crippen LogP contribution is 2.15. The molecule has 0 bridgehead atoms. The predicted molar refractivity (Wildman–Crippen MR) is 274 cm³/mol. The molecule has 0 amide bonds. The molecule has 1 atom stereocenters. The molecule has 0 saturated heterocycles. The first kappa shape index (κ1) is 60.6. The summed E-state index contributed by atoms with van der Waals surface area (Å²) < 4.78 is 16.7. The van der Waals surface area contributed by atoms with E-state index in [1.54, 1.807) is 0 Å². The molecule has 0 aromatic rings. The molecule has 0 spiro atoms. The van der Waals surface area contributed by atoms with E-state index in [9.17, 15) is 14.4 Å². The number of ether oxygens (including phenoxy) is 3. The second-order valence-electron chi connectivity index (χ2n) is 17.4. The summed E-state index contributed by atoms with van der Waals surface area (Å²) in [7, 11) is 0. The van der Waals surface area contributed by atoms with Gasteiger partial charge in [0.1, 0.15) is 13.2 Å². The van der Waals surface area contributed by atoms with Crippen LogP contribution >= 0.6 is 0 Å². The Kier molecular flexibility index (Phi) is 49.4. The van der Waals surface area contributed by atoms with Crippen molar-refractivity contribution in [2.75, 3.05) is 13.2 Å². The van der Waals surface area contributed by atoms with Crippen LogP contribution in [-0.4, -0.2) is 37.2 Å². The van der Waals surface area contributed by atoms with Crippen molar-refractivity contribution in [2.24, 2.45) is 0 Å². The summed E-state index contributed by atoms with van der Waals surface area (Å²) in [5, 5.41) is 0. The highest BCUT2D eigenvalue weighted by molar-refractivity contribution is 5.71. The van der Waals surface area contributed by atoms with Crippen LogP contribution in [0.2, 0.25) is 0 Å². The molecule has 1 unspecified atom stereocenters. The van der Waals surface area contributed by atoms with E-state index in [0.29, 0.717) is 19.3 Å². The molecule has 0 aliphatic heterocycles. The maximum Gasteiger partial charge on any atom is 0.306 e. The Hall–Kier alpha value is -3.41. The number of esters is 3. The fraction of sp³-hybridized carbons (Fsp3) is 0.707. The molecule has 0 aromatic heterocycles. The smallest absolute Gasteiger partial charge is 0.306 e. The molecule has 0 saturated carbocycles. The summed E-state index contributed by atoms with van der Waals surface area (Å²) in [5.74, 6) is -0.997. The third kappa shape index (κ3) is 49.6. The van der Waals surface area contributed by atoms with Gasteiger partial charge in [-0.15, -0.1) is 0 Å². The summed E-state index contributed by atoms with van der Waals surface area (Å²) in [6, 6.07) is 0. The number of unbranched alkanes of at least 4 members (excludes halogenated alkanes) is 22. The summed E-state index contributed by atoms with van der Waals surface area (Å²) in [4.78, 5) is 37.9. The van der Waals surface area contributed by atoms with Crippen LogP contribution in [0.1, 0.15) is 245 Å². The van der Waals surface area contributed by atoms with Crippen LogP contribution in [0, 0.1) is 0 Å². The lowest BCUT2D eigenvalue weighted by Gasteiger charge is -2.18. The minimum atomic E-state index is -0.808. The van der Waals surface area contributed by atoms with E-state index in [4.69, 9.17) is 14.2 Å². The van der Waals surface area contributed by atoms with Gasteiger partial charge in [-0.25, -0.2) is 0 Å². The molecular weight excluding hydrogens is 793 g/mol. The Bertz CT molecular complexity index is 1250. The lowest BCUT2D eigenvalue weighted by molar-refractivity contribution is -0.166. The largest absolute Gasteiger partial charge is 0.462 e. The fourth-order valence-electron chi connectivity index (χ4n) is 7.15. The van der Waals surface area contributed by atoms with Crippen molar-refractivity contribution in [2.45, 2.75) is 252 Å². The number of hydrogen-bond acceptors (Lipinski definition) is 6. The van der Waals surface area contributed by atoms with Gasteiger partial charge in [0.05, 0.1) is 0 Å². The average Bonchev–Trinajstić information content (AvgIpc) is 3.29. The van der Waals surface area contributed by atoms with Crippen LogP contribution in [-0.2, 0) is 28.6 Å². The normalized spacial score (nSPS) is 12.7. The molecule has 0 aromatic carbocycles.